The fourth-order valence-corrected chi connectivity index (χ4v) is 3.68. The van der Waals surface area contributed by atoms with Gasteiger partial charge in [-0.15, -0.1) is 0 Å². The van der Waals surface area contributed by atoms with Crippen molar-refractivity contribution in [1.82, 2.24) is 0 Å². The molecule has 0 saturated carbocycles. The Morgan fingerprint density at radius 2 is 1.38 bits per heavy atom. The largest absolute Gasteiger partial charge is 0.719 e. The zero-order chi connectivity index (χ0) is 29.7. The van der Waals surface area contributed by atoms with Crippen molar-refractivity contribution in [3.63, 3.8) is 0 Å². The molecule has 0 bridgehead atoms. The molecule has 0 aromatic heterocycles. The van der Waals surface area contributed by atoms with Crippen molar-refractivity contribution in [3.05, 3.63) is 70.8 Å². The van der Waals surface area contributed by atoms with Crippen molar-refractivity contribution >= 4 is 28.4 Å². The third kappa shape index (κ3) is 13.3. The molecule has 0 fully saturated rings. The van der Waals surface area contributed by atoms with Gasteiger partial charge in [0.05, 0.1) is 36.9 Å². The van der Waals surface area contributed by atoms with Crippen molar-refractivity contribution in [3.8, 4) is 0 Å². The quantitative estimate of drug-likeness (QED) is 0.103. The molecule has 0 heterocycles. The van der Waals surface area contributed by atoms with Crippen LogP contribution in [0.2, 0.25) is 0 Å². The Labute approximate surface area is 247 Å². The van der Waals surface area contributed by atoms with Crippen molar-refractivity contribution in [2.24, 2.45) is 5.92 Å². The van der Waals surface area contributed by atoms with Gasteiger partial charge in [0.15, 0.2) is 0 Å². The first-order chi connectivity index (χ1) is 17.6. The maximum Gasteiger partial charge on any atom is 0.416 e. The minimum absolute atomic E-state index is 0. The Morgan fingerprint density at radius 1 is 0.949 bits per heavy atom. The normalized spacial score (nSPS) is 14.2. The molecule has 2 rings (SSSR count). The number of aliphatic hydroxyl groups is 1. The first-order valence-corrected chi connectivity index (χ1v) is 13.4. The van der Waals surface area contributed by atoms with Gasteiger partial charge < -0.3 is 37.0 Å². The molecule has 39 heavy (non-hydrogen) atoms. The van der Waals surface area contributed by atoms with Crippen LogP contribution in [0.25, 0.3) is 0 Å². The smallest absolute Gasteiger partial charge is 0.416 e. The summed E-state index contributed by atoms with van der Waals surface area (Å²) in [6.07, 6.45) is -8.79. The molecule has 2 aromatic rings. The van der Waals surface area contributed by atoms with Crippen LogP contribution in [0, 0.1) is 5.92 Å². The summed E-state index contributed by atoms with van der Waals surface area (Å²) in [5.74, 6) is -0.942. The molecule has 0 saturated heterocycles. The van der Waals surface area contributed by atoms with E-state index in [-0.39, 0.29) is 37.7 Å². The van der Waals surface area contributed by atoms with E-state index in [1.54, 1.807) is 25.1 Å². The van der Waals surface area contributed by atoms with Gasteiger partial charge >= 0.3 is 18.3 Å². The van der Waals surface area contributed by atoms with E-state index < -0.39 is 46.9 Å². The number of aliphatic hydroxyl groups excluding tert-OH is 1. The molecule has 0 spiro atoms. The molecule has 3 atom stereocenters. The third-order valence-corrected chi connectivity index (χ3v) is 5.56. The average molecular weight is 691 g/mol. The summed E-state index contributed by atoms with van der Waals surface area (Å²) < 4.78 is 89.8. The van der Waals surface area contributed by atoms with Gasteiger partial charge in [-0.25, -0.2) is 0 Å². The zero-order valence-corrected chi connectivity index (χ0v) is 25.5. The van der Waals surface area contributed by atoms with E-state index in [2.05, 4.69) is 11.7 Å². The number of hydrogen-bond acceptors (Lipinski definition) is 6. The van der Waals surface area contributed by atoms with Crippen molar-refractivity contribution in [2.75, 3.05) is 27.1 Å². The SMILES string of the molecule is CO.COC(=O)[C@@H](C)C[C@@](C)(CO[C@H](C)c1cc(C(F)(F)F)cc(C(F)(F)F)c1)c1ccccc1.CS[S-].[Rh]. The summed E-state index contributed by atoms with van der Waals surface area (Å²) in [6, 6.07) is 10.5. The number of carbonyl (C=O) groups is 1. The van der Waals surface area contributed by atoms with E-state index in [1.807, 2.05) is 25.3 Å². The predicted octanol–water partition coefficient (Wildman–Crippen LogP) is 7.38. The molecule has 2 aromatic carbocycles. The number of ether oxygens (including phenoxy) is 2. The number of alkyl halides is 6. The van der Waals surface area contributed by atoms with E-state index >= 15 is 0 Å². The van der Waals surface area contributed by atoms with Crippen molar-refractivity contribution < 1.29 is 65.2 Å². The van der Waals surface area contributed by atoms with Crippen LogP contribution in [-0.4, -0.2) is 38.2 Å². The number of halogens is 6. The van der Waals surface area contributed by atoms with E-state index in [9.17, 15) is 31.1 Å². The van der Waals surface area contributed by atoms with Crippen LogP contribution in [0.3, 0.4) is 0 Å². The van der Waals surface area contributed by atoms with E-state index in [0.29, 0.717) is 18.6 Å². The van der Waals surface area contributed by atoms with Crippen LogP contribution >= 0.6 is 10.8 Å². The summed E-state index contributed by atoms with van der Waals surface area (Å²) in [5.41, 5.74) is -2.97. The Morgan fingerprint density at radius 3 is 1.77 bits per heavy atom. The second kappa shape index (κ2) is 18.2. The van der Waals surface area contributed by atoms with Crippen molar-refractivity contribution in [2.45, 2.75) is 51.1 Å². The monoisotopic (exact) mass is 690 g/mol. The second-order valence-corrected chi connectivity index (χ2v) is 9.85. The fraction of sp³-hybridized carbons (Fsp3) is 0.500. The molecular formula is C26H33F6O4RhS2-. The van der Waals surface area contributed by atoms with Gasteiger partial charge in [-0.3, -0.25) is 4.79 Å². The number of carbonyl (C=O) groups excluding carboxylic acids is 1. The molecular weight excluding hydrogens is 657 g/mol. The maximum absolute atomic E-state index is 13.2. The zero-order valence-electron chi connectivity index (χ0n) is 22.3. The second-order valence-electron chi connectivity index (χ2n) is 8.51. The van der Waals surface area contributed by atoms with Gasteiger partial charge in [0, 0.05) is 32.0 Å². The van der Waals surface area contributed by atoms with Crippen molar-refractivity contribution in [1.29, 1.82) is 0 Å². The molecule has 4 nitrogen and oxygen atoms in total. The average Bonchev–Trinajstić information content (AvgIpc) is 2.87. The summed E-state index contributed by atoms with van der Waals surface area (Å²) in [4.78, 5) is 12.0. The first kappa shape index (κ1) is 39.9. The Kier molecular flexibility index (Phi) is 18.6. The molecule has 0 aliphatic heterocycles. The summed E-state index contributed by atoms with van der Waals surface area (Å²) in [6.45, 7) is 4.85. The molecule has 13 heteroatoms. The van der Waals surface area contributed by atoms with Gasteiger partial charge in [-0.05, 0) is 48.9 Å². The van der Waals surface area contributed by atoms with Gasteiger partial charge in [0.2, 0.25) is 0 Å². The number of benzene rings is 2. The molecule has 0 aliphatic carbocycles. The molecule has 0 unspecified atom stereocenters. The third-order valence-electron chi connectivity index (χ3n) is 5.56. The Hall–Kier alpha value is -1.27. The van der Waals surface area contributed by atoms with Gasteiger partial charge in [0.25, 0.3) is 0 Å². The van der Waals surface area contributed by atoms with Gasteiger partial charge in [0.1, 0.15) is 0 Å². The fourth-order valence-electron chi connectivity index (χ4n) is 3.68. The molecule has 1 N–H and O–H groups in total. The first-order valence-electron chi connectivity index (χ1n) is 11.2. The minimum Gasteiger partial charge on any atom is -0.719 e. The van der Waals surface area contributed by atoms with Gasteiger partial charge in [-0.2, -0.15) is 26.3 Å². The summed E-state index contributed by atoms with van der Waals surface area (Å²) in [7, 11) is 3.60. The van der Waals surface area contributed by atoms with Crippen LogP contribution in [0.1, 0.15) is 55.5 Å². The van der Waals surface area contributed by atoms with Crippen LogP contribution in [0.5, 0.6) is 0 Å². The predicted molar refractivity (Wildman–Crippen MR) is 139 cm³/mol. The molecule has 225 valence electrons. The number of rotatable bonds is 8. The topological polar surface area (TPSA) is 55.8 Å². The van der Waals surface area contributed by atoms with E-state index in [4.69, 9.17) is 14.6 Å². The summed E-state index contributed by atoms with van der Waals surface area (Å²) >= 11 is 4.31. The standard InChI is InChI=1S/C24H26F6O3.CH4O.CH4S2.Rh/c1-15(21(31)32-4)13-22(3,18-8-6-5-7-9-18)14-33-16(2)17-10-19(23(25,26)27)12-20(11-17)24(28,29)30;1-2;1-3-2;/h5-12,15-16H,13-14H2,1-4H3;2H,1H3;2H,1H3;/p-1/t15-,16+,22-;;;/m0.../s1. The minimum atomic E-state index is -4.94. The molecule has 0 amide bonds. The van der Waals surface area contributed by atoms with E-state index in [0.717, 1.165) is 12.7 Å². The number of hydrogen-bond donors (Lipinski definition) is 1. The molecule has 0 aliphatic rings. The maximum atomic E-state index is 13.2. The van der Waals surface area contributed by atoms with Crippen LogP contribution in [-0.2, 0) is 63.2 Å². The Balaban J connectivity index is 0. The van der Waals surface area contributed by atoms with Crippen LogP contribution in [0.4, 0.5) is 26.3 Å². The van der Waals surface area contributed by atoms with E-state index in [1.165, 1.54) is 24.8 Å². The Bertz CT molecular complexity index is 945. The van der Waals surface area contributed by atoms with Crippen LogP contribution in [0.15, 0.2) is 48.5 Å². The number of esters is 1. The van der Waals surface area contributed by atoms with Gasteiger partial charge in [-0.1, -0.05) is 44.2 Å². The molecule has 1 radical (unpaired) electrons. The summed E-state index contributed by atoms with van der Waals surface area (Å²) in [5, 5.41) is 7.00. The van der Waals surface area contributed by atoms with Crippen LogP contribution < -0.4 is 0 Å². The number of methoxy groups -OCH3 is 1.